The van der Waals surface area contributed by atoms with Gasteiger partial charge >= 0.3 is 42.4 Å². The van der Waals surface area contributed by atoms with E-state index in [2.05, 4.69) is 30.4 Å². The van der Waals surface area contributed by atoms with Crippen LogP contribution >= 0.6 is 11.6 Å². The third-order valence-corrected chi connectivity index (χ3v) is 11.0. The van der Waals surface area contributed by atoms with Crippen LogP contribution in [0.4, 0.5) is 49.7 Å². The standard InChI is InChI=1S/C37H35ClFN7O3.3C2HF3O2/c1-45-16-26(42-36(48)23-10-8-21(19-47)9-11-23)14-27(45)20-49-37-43-34-29(35(44-37)46-17-24-12-13-25(18-46)41-24)15-40-33(32(34)39)28-6-2-4-22-5-3-7-30(38)31(22)28;3*3-2(4,5)1(6)7/h2-11,15,19,24-27,41H,12-14,16-18,20H2,1H3,(H,42,48);3*(H,6,7)/t24-,25+,26-,27+;;;/m1.../s1. The number of likely N-dealkylation sites (N-methyl/N-ethyl adjacent to an activating group) is 1. The van der Waals surface area contributed by atoms with Crippen molar-refractivity contribution >= 4 is 69.2 Å². The van der Waals surface area contributed by atoms with Gasteiger partial charge in [-0.15, -0.1) is 0 Å². The summed E-state index contributed by atoms with van der Waals surface area (Å²) < 4.78 is 118. The molecular formula is C43H38ClF10N7O9. The first-order chi connectivity index (χ1) is 32.7. The van der Waals surface area contributed by atoms with Crippen LogP contribution in [0.5, 0.6) is 6.01 Å². The number of nitrogens with zero attached hydrogens (tertiary/aromatic N) is 5. The number of amides is 1. The molecule has 2 bridgehead atoms. The SMILES string of the molecule is CN1C[C@H](NC(=O)c2ccc(C=O)cc2)C[C@H]1COc1nc(N2C[C@H]3CC[C@@H](C2)N3)c2cnc(-c3cccc4cccc(Cl)c34)c(F)c2n1.O=C(O)C(F)(F)F.O=C(O)C(F)(F)F.O=C(O)C(F)(F)F. The van der Waals surface area contributed by atoms with Gasteiger partial charge in [-0.3, -0.25) is 19.5 Å². The number of alkyl halides is 9. The van der Waals surface area contributed by atoms with E-state index in [1.807, 2.05) is 37.4 Å². The summed E-state index contributed by atoms with van der Waals surface area (Å²) in [5.74, 6) is -8.42. The summed E-state index contributed by atoms with van der Waals surface area (Å²) in [6, 6.07) is 18.4. The maximum atomic E-state index is 16.7. The van der Waals surface area contributed by atoms with Crippen molar-refractivity contribution in [1.29, 1.82) is 0 Å². The number of halogens is 11. The third-order valence-electron chi connectivity index (χ3n) is 10.7. The van der Waals surface area contributed by atoms with Crippen molar-refractivity contribution in [2.75, 3.05) is 38.2 Å². The molecule has 1 amide bonds. The average Bonchev–Trinajstić information content (AvgIpc) is 3.82. The zero-order valence-corrected chi connectivity index (χ0v) is 36.6. The molecule has 5 N–H and O–H groups in total. The quantitative estimate of drug-likeness (QED) is 0.0768. The van der Waals surface area contributed by atoms with Gasteiger partial charge in [-0.05, 0) is 49.9 Å². The molecule has 376 valence electrons. The minimum absolute atomic E-state index is 0.0313. The van der Waals surface area contributed by atoms with E-state index in [4.69, 9.17) is 51.0 Å². The van der Waals surface area contributed by atoms with Crippen molar-refractivity contribution in [3.63, 3.8) is 0 Å². The number of aldehydes is 1. The molecule has 3 aliphatic heterocycles. The van der Waals surface area contributed by atoms with Crippen LogP contribution in [0.1, 0.15) is 40.0 Å². The number of hydrogen-bond acceptors (Lipinski definition) is 12. The van der Waals surface area contributed by atoms with Crippen molar-refractivity contribution in [2.45, 2.75) is 62.0 Å². The van der Waals surface area contributed by atoms with Crippen LogP contribution < -0.4 is 20.3 Å². The Morgan fingerprint density at radius 1 is 0.829 bits per heavy atom. The summed E-state index contributed by atoms with van der Waals surface area (Å²) >= 11 is 6.62. The van der Waals surface area contributed by atoms with Gasteiger partial charge in [0, 0.05) is 77.1 Å². The Bertz CT molecular complexity index is 2660. The summed E-state index contributed by atoms with van der Waals surface area (Å²) in [5.41, 5.74) is 1.91. The minimum atomic E-state index is -5.08. The molecule has 0 aliphatic carbocycles. The molecule has 16 nitrogen and oxygen atoms in total. The number of fused-ring (bicyclic) bond motifs is 4. The number of benzene rings is 3. The fourth-order valence-electron chi connectivity index (χ4n) is 7.51. The molecule has 27 heteroatoms. The number of carboxylic acid groups (broad SMARTS) is 3. The van der Waals surface area contributed by atoms with Crippen LogP contribution in [-0.4, -0.2) is 141 Å². The Labute approximate surface area is 393 Å². The molecule has 3 aliphatic rings. The second kappa shape index (κ2) is 22.2. The molecule has 0 spiro atoms. The highest BCUT2D eigenvalue weighted by atomic mass is 35.5. The summed E-state index contributed by atoms with van der Waals surface area (Å²) in [6.07, 6.45) is -10.0. The van der Waals surface area contributed by atoms with Crippen LogP contribution in [0.2, 0.25) is 5.02 Å². The molecule has 4 atom stereocenters. The number of likely N-dealkylation sites (tertiary alicyclic amines) is 1. The molecule has 3 saturated heterocycles. The number of anilines is 1. The van der Waals surface area contributed by atoms with Gasteiger partial charge in [-0.25, -0.2) is 18.8 Å². The molecule has 0 radical (unpaired) electrons. The van der Waals surface area contributed by atoms with Gasteiger partial charge in [0.15, 0.2) is 5.82 Å². The van der Waals surface area contributed by atoms with Crippen molar-refractivity contribution in [3.8, 4) is 17.3 Å². The van der Waals surface area contributed by atoms with Gasteiger partial charge < -0.3 is 35.6 Å². The predicted molar refractivity (Wildman–Crippen MR) is 228 cm³/mol. The van der Waals surface area contributed by atoms with Gasteiger partial charge in [0.05, 0.1) is 5.39 Å². The molecule has 5 heterocycles. The summed E-state index contributed by atoms with van der Waals surface area (Å²) in [5, 5.41) is 30.8. The normalized spacial score (nSPS) is 18.9. The zero-order valence-electron chi connectivity index (χ0n) is 35.9. The Hall–Kier alpha value is -6.93. The van der Waals surface area contributed by atoms with Crippen molar-refractivity contribution < 1.29 is 87.9 Å². The van der Waals surface area contributed by atoms with E-state index in [0.29, 0.717) is 58.0 Å². The van der Waals surface area contributed by atoms with E-state index < -0.39 is 42.3 Å². The van der Waals surface area contributed by atoms with Gasteiger partial charge in [0.2, 0.25) is 0 Å². The lowest BCUT2D eigenvalue weighted by molar-refractivity contribution is -0.193. The second-order valence-electron chi connectivity index (χ2n) is 15.7. The maximum Gasteiger partial charge on any atom is 0.490 e. The summed E-state index contributed by atoms with van der Waals surface area (Å²) in [7, 11) is 1.98. The zero-order chi connectivity index (χ0) is 51.9. The van der Waals surface area contributed by atoms with E-state index in [0.717, 1.165) is 43.0 Å². The van der Waals surface area contributed by atoms with E-state index in [-0.39, 0.29) is 41.8 Å². The smallest absolute Gasteiger partial charge is 0.475 e. The number of carboxylic acids is 3. The molecule has 3 fully saturated rings. The van der Waals surface area contributed by atoms with Gasteiger partial charge in [-0.1, -0.05) is 54.1 Å². The number of ether oxygens (including phenoxy) is 1. The monoisotopic (exact) mass is 1020 g/mol. The van der Waals surface area contributed by atoms with Gasteiger partial charge in [-0.2, -0.15) is 49.5 Å². The Kier molecular flexibility index (Phi) is 17.1. The Balaban J connectivity index is 0.000000364. The fraction of sp³-hybridized carbons (Fsp3) is 0.349. The number of pyridine rings is 1. The van der Waals surface area contributed by atoms with E-state index >= 15 is 4.39 Å². The topological polar surface area (TPSA) is 224 Å². The minimum Gasteiger partial charge on any atom is -0.475 e. The second-order valence-corrected chi connectivity index (χ2v) is 16.1. The Morgan fingerprint density at radius 2 is 1.37 bits per heavy atom. The van der Waals surface area contributed by atoms with E-state index in [1.165, 1.54) is 0 Å². The molecule has 3 aromatic carbocycles. The molecular weight excluding hydrogens is 984 g/mol. The first kappa shape index (κ1) is 54.0. The Morgan fingerprint density at radius 3 is 1.90 bits per heavy atom. The molecule has 8 rings (SSSR count). The lowest BCUT2D eigenvalue weighted by Gasteiger charge is -2.34. The number of rotatable bonds is 8. The molecule has 2 aromatic heterocycles. The number of aromatic nitrogens is 3. The molecule has 0 unspecified atom stereocenters. The van der Waals surface area contributed by atoms with Gasteiger partial charge in [0.1, 0.15) is 29.9 Å². The largest absolute Gasteiger partial charge is 0.490 e. The van der Waals surface area contributed by atoms with Crippen LogP contribution in [0.25, 0.3) is 32.9 Å². The van der Waals surface area contributed by atoms with Crippen LogP contribution in [-0.2, 0) is 14.4 Å². The lowest BCUT2D eigenvalue weighted by Crippen LogP contribution is -2.51. The predicted octanol–water partition coefficient (Wildman–Crippen LogP) is 7.17. The van der Waals surface area contributed by atoms with E-state index in [1.54, 1.807) is 36.5 Å². The molecule has 5 aromatic rings. The first-order valence-corrected chi connectivity index (χ1v) is 20.7. The average molecular weight is 1020 g/mol. The highest BCUT2D eigenvalue weighted by Gasteiger charge is 2.40. The van der Waals surface area contributed by atoms with E-state index in [9.17, 15) is 49.1 Å². The number of carbonyl (C=O) groups is 5. The third kappa shape index (κ3) is 13.9. The van der Waals surface area contributed by atoms with Crippen molar-refractivity contribution in [1.82, 2.24) is 30.5 Å². The highest BCUT2D eigenvalue weighted by Crippen LogP contribution is 2.38. The number of piperazine rings is 1. The van der Waals surface area contributed by atoms with Crippen LogP contribution in [0.3, 0.4) is 0 Å². The first-order valence-electron chi connectivity index (χ1n) is 20.3. The maximum absolute atomic E-state index is 16.7. The van der Waals surface area contributed by atoms with Crippen molar-refractivity contribution in [3.05, 3.63) is 88.8 Å². The number of carbonyl (C=O) groups excluding carboxylic acids is 2. The van der Waals surface area contributed by atoms with Crippen LogP contribution in [0.15, 0.2) is 66.9 Å². The number of aliphatic carboxylic acids is 3. The lowest BCUT2D eigenvalue weighted by atomic mass is 10.0. The van der Waals surface area contributed by atoms with Crippen LogP contribution in [0, 0.1) is 5.82 Å². The summed E-state index contributed by atoms with van der Waals surface area (Å²) in [4.78, 5) is 69.0. The highest BCUT2D eigenvalue weighted by molar-refractivity contribution is 6.36. The number of nitrogens with one attached hydrogen (secondary N) is 2. The molecule has 70 heavy (non-hydrogen) atoms. The van der Waals surface area contributed by atoms with Crippen molar-refractivity contribution in [2.24, 2.45) is 0 Å². The summed E-state index contributed by atoms with van der Waals surface area (Å²) in [6.45, 7) is 2.38. The fourth-order valence-corrected chi connectivity index (χ4v) is 7.79. The van der Waals surface area contributed by atoms with Gasteiger partial charge in [0.25, 0.3) is 5.91 Å². The number of hydrogen-bond donors (Lipinski definition) is 5. The molecule has 0 saturated carbocycles.